The van der Waals surface area contributed by atoms with Crippen molar-refractivity contribution in [1.29, 1.82) is 0 Å². The maximum absolute atomic E-state index is 12.5. The Hall–Kier alpha value is -1.55. The number of nitrogens with zero attached hydrogens (tertiary/aromatic N) is 2. The second kappa shape index (κ2) is 8.70. The van der Waals surface area contributed by atoms with E-state index in [2.05, 4.69) is 50.2 Å². The highest BCUT2D eigenvalue weighted by atomic mass is 16.2. The SMILES string of the molecule is CCCC(C)(C)Cc1ccc(NC(=O)N(C)C2CCN(C)CC2)cc1. The fourth-order valence-corrected chi connectivity index (χ4v) is 3.78. The molecule has 1 saturated heterocycles. The molecule has 0 spiro atoms. The average Bonchev–Trinajstić information content (AvgIpc) is 2.56. The molecule has 0 atom stereocenters. The minimum Gasteiger partial charge on any atom is -0.325 e. The monoisotopic (exact) mass is 345 g/mol. The number of piperidine rings is 1. The summed E-state index contributed by atoms with van der Waals surface area (Å²) >= 11 is 0. The standard InChI is InChI=1S/C21H35N3O/c1-6-13-21(2,3)16-17-7-9-18(10-8-17)22-20(25)24(5)19-11-14-23(4)15-12-19/h7-10,19H,6,11-16H2,1-5H3,(H,22,25). The summed E-state index contributed by atoms with van der Waals surface area (Å²) in [7, 11) is 4.05. The predicted octanol–water partition coefficient (Wildman–Crippen LogP) is 4.61. The average molecular weight is 346 g/mol. The first-order valence-corrected chi connectivity index (χ1v) is 9.62. The molecule has 1 heterocycles. The lowest BCUT2D eigenvalue weighted by atomic mass is 9.82. The summed E-state index contributed by atoms with van der Waals surface area (Å²) in [5.74, 6) is 0. The minimum absolute atomic E-state index is 0.00591. The Morgan fingerprint density at radius 1 is 1.24 bits per heavy atom. The largest absolute Gasteiger partial charge is 0.325 e. The molecule has 0 unspecified atom stereocenters. The van der Waals surface area contributed by atoms with E-state index in [1.807, 2.05) is 24.1 Å². The van der Waals surface area contributed by atoms with Crippen molar-refractivity contribution in [1.82, 2.24) is 9.80 Å². The molecule has 1 aliphatic heterocycles. The zero-order valence-electron chi connectivity index (χ0n) is 16.6. The number of likely N-dealkylation sites (tertiary alicyclic amines) is 1. The lowest BCUT2D eigenvalue weighted by Gasteiger charge is -2.35. The Kier molecular flexibility index (Phi) is 6.88. The summed E-state index contributed by atoms with van der Waals surface area (Å²) < 4.78 is 0. The predicted molar refractivity (Wildman–Crippen MR) is 106 cm³/mol. The van der Waals surface area contributed by atoms with Crippen LogP contribution in [-0.4, -0.2) is 49.1 Å². The van der Waals surface area contributed by atoms with Gasteiger partial charge in [-0.1, -0.05) is 39.3 Å². The normalized spacial score (nSPS) is 16.7. The summed E-state index contributed by atoms with van der Waals surface area (Å²) in [6, 6.07) is 8.67. The van der Waals surface area contributed by atoms with Gasteiger partial charge in [0.15, 0.2) is 0 Å². The molecule has 25 heavy (non-hydrogen) atoms. The van der Waals surface area contributed by atoms with Crippen LogP contribution in [0.5, 0.6) is 0 Å². The minimum atomic E-state index is -0.00591. The van der Waals surface area contributed by atoms with E-state index in [0.717, 1.165) is 38.0 Å². The van der Waals surface area contributed by atoms with Crippen molar-refractivity contribution in [3.05, 3.63) is 29.8 Å². The Labute approximate surface area is 153 Å². The molecule has 2 rings (SSSR count). The van der Waals surface area contributed by atoms with Crippen molar-refractivity contribution >= 4 is 11.7 Å². The van der Waals surface area contributed by atoms with Crippen molar-refractivity contribution in [2.24, 2.45) is 5.41 Å². The zero-order valence-corrected chi connectivity index (χ0v) is 16.6. The third-order valence-corrected chi connectivity index (χ3v) is 5.37. The molecule has 4 nitrogen and oxygen atoms in total. The van der Waals surface area contributed by atoms with Crippen molar-refractivity contribution in [2.75, 3.05) is 32.5 Å². The van der Waals surface area contributed by atoms with Gasteiger partial charge in [0.25, 0.3) is 0 Å². The van der Waals surface area contributed by atoms with Gasteiger partial charge in [-0.3, -0.25) is 0 Å². The van der Waals surface area contributed by atoms with Gasteiger partial charge in [-0.15, -0.1) is 0 Å². The highest BCUT2D eigenvalue weighted by Crippen LogP contribution is 2.27. The first-order valence-electron chi connectivity index (χ1n) is 9.62. The van der Waals surface area contributed by atoms with Gasteiger partial charge in [0.2, 0.25) is 0 Å². The van der Waals surface area contributed by atoms with Crippen LogP contribution in [0.25, 0.3) is 0 Å². The second-order valence-corrected chi connectivity index (χ2v) is 8.36. The Bertz CT molecular complexity index is 545. The molecule has 140 valence electrons. The number of benzene rings is 1. The van der Waals surface area contributed by atoms with Crippen LogP contribution in [0.15, 0.2) is 24.3 Å². The lowest BCUT2D eigenvalue weighted by molar-refractivity contribution is 0.156. The van der Waals surface area contributed by atoms with Crippen molar-refractivity contribution in [3.8, 4) is 0 Å². The molecule has 1 aromatic carbocycles. The van der Waals surface area contributed by atoms with Gasteiger partial charge in [0, 0.05) is 18.8 Å². The number of amides is 2. The summed E-state index contributed by atoms with van der Waals surface area (Å²) in [5.41, 5.74) is 2.54. The van der Waals surface area contributed by atoms with Gasteiger partial charge >= 0.3 is 6.03 Å². The van der Waals surface area contributed by atoms with Crippen LogP contribution in [0.4, 0.5) is 10.5 Å². The fourth-order valence-electron chi connectivity index (χ4n) is 3.78. The van der Waals surface area contributed by atoms with Gasteiger partial charge in [-0.05, 0) is 68.9 Å². The van der Waals surface area contributed by atoms with E-state index in [4.69, 9.17) is 0 Å². The van der Waals surface area contributed by atoms with Crippen LogP contribution in [0.1, 0.15) is 52.0 Å². The molecule has 4 heteroatoms. The number of hydrogen-bond acceptors (Lipinski definition) is 2. The molecule has 0 aliphatic carbocycles. The number of carbonyl (C=O) groups is 1. The highest BCUT2D eigenvalue weighted by Gasteiger charge is 2.24. The molecule has 0 radical (unpaired) electrons. The van der Waals surface area contributed by atoms with Crippen molar-refractivity contribution < 1.29 is 4.79 Å². The maximum atomic E-state index is 12.5. The van der Waals surface area contributed by atoms with Gasteiger partial charge in [-0.25, -0.2) is 4.79 Å². The van der Waals surface area contributed by atoms with Crippen LogP contribution in [-0.2, 0) is 6.42 Å². The fraction of sp³-hybridized carbons (Fsp3) is 0.667. The van der Waals surface area contributed by atoms with E-state index in [9.17, 15) is 4.79 Å². The first kappa shape index (κ1) is 19.8. The summed E-state index contributed by atoms with van der Waals surface area (Å²) in [6.45, 7) is 9.00. The van der Waals surface area contributed by atoms with Crippen molar-refractivity contribution in [2.45, 2.75) is 58.9 Å². The Morgan fingerprint density at radius 2 is 1.84 bits per heavy atom. The number of anilines is 1. The number of hydrogen-bond donors (Lipinski definition) is 1. The molecule has 1 fully saturated rings. The molecule has 1 N–H and O–H groups in total. The van der Waals surface area contributed by atoms with Crippen molar-refractivity contribution in [3.63, 3.8) is 0 Å². The maximum Gasteiger partial charge on any atom is 0.321 e. The quantitative estimate of drug-likeness (QED) is 0.817. The van der Waals surface area contributed by atoms with Gasteiger partial charge in [0.05, 0.1) is 0 Å². The molecule has 0 saturated carbocycles. The first-order chi connectivity index (χ1) is 11.8. The van der Waals surface area contributed by atoms with Crippen LogP contribution in [0.2, 0.25) is 0 Å². The summed E-state index contributed by atoms with van der Waals surface area (Å²) in [4.78, 5) is 16.7. The van der Waals surface area contributed by atoms with E-state index in [1.165, 1.54) is 18.4 Å². The van der Waals surface area contributed by atoms with E-state index >= 15 is 0 Å². The molecule has 0 bridgehead atoms. The topological polar surface area (TPSA) is 35.6 Å². The van der Waals surface area contributed by atoms with Gasteiger partial charge < -0.3 is 15.1 Å². The lowest BCUT2D eigenvalue weighted by Crippen LogP contribution is -2.46. The number of urea groups is 1. The van der Waals surface area contributed by atoms with Crippen LogP contribution in [0, 0.1) is 5.41 Å². The molecule has 1 aliphatic rings. The molecular formula is C21H35N3O. The Morgan fingerprint density at radius 3 is 2.40 bits per heavy atom. The number of nitrogens with one attached hydrogen (secondary N) is 1. The molecule has 1 aromatic rings. The van der Waals surface area contributed by atoms with Crippen LogP contribution in [0.3, 0.4) is 0 Å². The van der Waals surface area contributed by atoms with E-state index in [-0.39, 0.29) is 6.03 Å². The van der Waals surface area contributed by atoms with Gasteiger partial charge in [-0.2, -0.15) is 0 Å². The second-order valence-electron chi connectivity index (χ2n) is 8.36. The Balaban J connectivity index is 1.88. The molecule has 0 aromatic heterocycles. The van der Waals surface area contributed by atoms with Crippen LogP contribution >= 0.6 is 0 Å². The van der Waals surface area contributed by atoms with Crippen LogP contribution < -0.4 is 5.32 Å². The molecular weight excluding hydrogens is 310 g/mol. The number of carbonyl (C=O) groups excluding carboxylic acids is 1. The zero-order chi connectivity index (χ0) is 18.4. The smallest absolute Gasteiger partial charge is 0.321 e. The summed E-state index contributed by atoms with van der Waals surface area (Å²) in [5, 5.41) is 3.04. The third-order valence-electron chi connectivity index (χ3n) is 5.37. The van der Waals surface area contributed by atoms with E-state index < -0.39 is 0 Å². The van der Waals surface area contributed by atoms with E-state index in [0.29, 0.717) is 11.5 Å². The highest BCUT2D eigenvalue weighted by molar-refractivity contribution is 5.89. The van der Waals surface area contributed by atoms with Gasteiger partial charge in [0.1, 0.15) is 0 Å². The summed E-state index contributed by atoms with van der Waals surface area (Å²) in [6.07, 6.45) is 5.61. The molecule has 2 amide bonds. The number of rotatable bonds is 6. The van der Waals surface area contributed by atoms with E-state index in [1.54, 1.807) is 0 Å². The third kappa shape index (κ3) is 6.03.